The molecule has 1 aromatic heterocycles. The first-order chi connectivity index (χ1) is 16.6. The fourth-order valence-electron chi connectivity index (χ4n) is 4.27. The van der Waals surface area contributed by atoms with Gasteiger partial charge in [-0.15, -0.1) is 0 Å². The van der Waals surface area contributed by atoms with Gasteiger partial charge in [0.1, 0.15) is 30.0 Å². The highest BCUT2D eigenvalue weighted by atomic mass is 19.1. The third-order valence-corrected chi connectivity index (χ3v) is 5.90. The first kappa shape index (κ1) is 22.1. The maximum absolute atomic E-state index is 13.6. The van der Waals surface area contributed by atoms with E-state index < -0.39 is 12.4 Å². The lowest BCUT2D eigenvalue weighted by atomic mass is 10.00. The summed E-state index contributed by atoms with van der Waals surface area (Å²) in [7, 11) is 0. The van der Waals surface area contributed by atoms with E-state index in [1.807, 2.05) is 24.3 Å². The van der Waals surface area contributed by atoms with Crippen molar-refractivity contribution in [2.24, 2.45) is 0 Å². The molecule has 2 aliphatic heterocycles. The van der Waals surface area contributed by atoms with Crippen molar-refractivity contribution in [1.82, 2.24) is 10.2 Å². The van der Waals surface area contributed by atoms with Crippen LogP contribution in [-0.4, -0.2) is 49.7 Å². The lowest BCUT2D eigenvalue weighted by Crippen LogP contribution is -2.45. The molecule has 0 amide bonds. The first-order valence-electron chi connectivity index (χ1n) is 11.1. The van der Waals surface area contributed by atoms with E-state index in [1.54, 1.807) is 18.4 Å². The molecule has 0 spiro atoms. The van der Waals surface area contributed by atoms with Crippen LogP contribution in [-0.2, 0) is 14.3 Å². The number of hydrogen-bond acceptors (Lipinski definition) is 8. The molecule has 34 heavy (non-hydrogen) atoms. The van der Waals surface area contributed by atoms with E-state index in [1.165, 1.54) is 12.1 Å². The highest BCUT2D eigenvalue weighted by molar-refractivity contribution is 5.84. The van der Waals surface area contributed by atoms with Crippen LogP contribution in [0.5, 0.6) is 5.75 Å². The van der Waals surface area contributed by atoms with Gasteiger partial charge in [-0.2, -0.15) is 0 Å². The maximum Gasteiger partial charge on any atom is 0.327 e. The summed E-state index contributed by atoms with van der Waals surface area (Å²) < 4.78 is 30.3. The van der Waals surface area contributed by atoms with Crippen LogP contribution >= 0.6 is 0 Å². The number of ether oxygens (including phenoxy) is 2. The van der Waals surface area contributed by atoms with Crippen molar-refractivity contribution in [2.45, 2.75) is 18.9 Å². The van der Waals surface area contributed by atoms with Gasteiger partial charge in [0.05, 0.1) is 18.0 Å². The Morgan fingerprint density at radius 2 is 1.94 bits per heavy atom. The van der Waals surface area contributed by atoms with Crippen LogP contribution < -0.4 is 15.4 Å². The number of rotatable bonds is 7. The number of halogens is 1. The average molecular weight is 465 g/mol. The standard InChI is InChI=1S/C25H24FN3O5/c26-19-4-1-16(2-5-19)24(29-10-8-27-9-11-29)22-14-18(15-32-22)17-3-6-20-21(13-17)33-25(28-20)34-23(31)7-12-30/h1-6,12-15,24-25,27-28H,7-11H2/t24-,25?/m0/s1. The summed E-state index contributed by atoms with van der Waals surface area (Å²) in [6.45, 7) is 3.44. The fourth-order valence-corrected chi connectivity index (χ4v) is 4.27. The zero-order valence-corrected chi connectivity index (χ0v) is 18.3. The molecule has 2 N–H and O–H groups in total. The molecule has 1 saturated heterocycles. The monoisotopic (exact) mass is 465 g/mol. The quantitative estimate of drug-likeness (QED) is 0.312. The number of nitrogens with one attached hydrogen (secondary N) is 2. The Hall–Kier alpha value is -3.69. The second kappa shape index (κ2) is 9.66. The highest BCUT2D eigenvalue weighted by Gasteiger charge is 2.28. The van der Waals surface area contributed by atoms with Gasteiger partial charge in [0, 0.05) is 31.7 Å². The van der Waals surface area contributed by atoms with Gasteiger partial charge < -0.3 is 29.3 Å². The minimum atomic E-state index is -0.979. The summed E-state index contributed by atoms with van der Waals surface area (Å²) in [4.78, 5) is 24.3. The van der Waals surface area contributed by atoms with Crippen LogP contribution in [0, 0.1) is 5.82 Å². The Kier molecular flexibility index (Phi) is 6.29. The third kappa shape index (κ3) is 4.66. The summed E-state index contributed by atoms with van der Waals surface area (Å²) in [5.41, 5.74) is 3.38. The summed E-state index contributed by atoms with van der Waals surface area (Å²) in [6, 6.07) is 14.0. The number of furan rings is 1. The number of carbonyl (C=O) groups is 2. The van der Waals surface area contributed by atoms with Crippen LogP contribution in [0.4, 0.5) is 10.1 Å². The zero-order chi connectivity index (χ0) is 23.5. The average Bonchev–Trinajstić information content (AvgIpc) is 3.48. The lowest BCUT2D eigenvalue weighted by molar-refractivity contribution is -0.158. The summed E-state index contributed by atoms with van der Waals surface area (Å²) in [5.74, 6) is 0.356. The van der Waals surface area contributed by atoms with Crippen molar-refractivity contribution in [3.05, 3.63) is 71.9 Å². The molecule has 2 aliphatic rings. The van der Waals surface area contributed by atoms with Crippen LogP contribution in [0.1, 0.15) is 23.8 Å². The predicted molar refractivity (Wildman–Crippen MR) is 122 cm³/mol. The Balaban J connectivity index is 1.38. The SMILES string of the molecule is O=CCC(=O)OC1Nc2ccc(-c3coc([C@H](c4ccc(F)cc4)N4CCNCC4)c3)cc2O1. The topological polar surface area (TPSA) is 93.0 Å². The van der Waals surface area contributed by atoms with Crippen LogP contribution in [0.15, 0.2) is 59.2 Å². The van der Waals surface area contributed by atoms with Crippen molar-refractivity contribution >= 4 is 17.9 Å². The number of hydrogen-bond donors (Lipinski definition) is 2. The number of nitrogens with zero attached hydrogens (tertiary/aromatic N) is 1. The molecule has 0 radical (unpaired) electrons. The van der Waals surface area contributed by atoms with Gasteiger partial charge in [-0.05, 0) is 41.5 Å². The molecule has 0 saturated carbocycles. The van der Waals surface area contributed by atoms with E-state index in [4.69, 9.17) is 13.9 Å². The molecule has 0 bridgehead atoms. The van der Waals surface area contributed by atoms with E-state index in [0.29, 0.717) is 17.7 Å². The van der Waals surface area contributed by atoms with Crippen LogP contribution in [0.2, 0.25) is 0 Å². The van der Waals surface area contributed by atoms with Gasteiger partial charge in [-0.3, -0.25) is 9.69 Å². The second-order valence-electron chi connectivity index (χ2n) is 8.14. The second-order valence-corrected chi connectivity index (χ2v) is 8.14. The molecule has 0 aliphatic carbocycles. The molecular weight excluding hydrogens is 441 g/mol. The van der Waals surface area contributed by atoms with Gasteiger partial charge in [-0.1, -0.05) is 18.2 Å². The highest BCUT2D eigenvalue weighted by Crippen LogP contribution is 2.38. The van der Waals surface area contributed by atoms with Gasteiger partial charge in [0.15, 0.2) is 0 Å². The Morgan fingerprint density at radius 1 is 1.15 bits per heavy atom. The van der Waals surface area contributed by atoms with Crippen LogP contribution in [0.25, 0.3) is 11.1 Å². The van der Waals surface area contributed by atoms with Crippen molar-refractivity contribution in [1.29, 1.82) is 0 Å². The number of fused-ring (bicyclic) bond motifs is 1. The molecule has 3 aromatic rings. The molecular formula is C25H24FN3O5. The van der Waals surface area contributed by atoms with Crippen LogP contribution in [0.3, 0.4) is 0 Å². The maximum atomic E-state index is 13.6. The van der Waals surface area contributed by atoms with Gasteiger partial charge >= 0.3 is 12.4 Å². The molecule has 9 heteroatoms. The first-order valence-corrected chi connectivity index (χ1v) is 11.1. The van der Waals surface area contributed by atoms with E-state index >= 15 is 0 Å². The molecule has 176 valence electrons. The predicted octanol–water partition coefficient (Wildman–Crippen LogP) is 3.30. The summed E-state index contributed by atoms with van der Waals surface area (Å²) >= 11 is 0. The number of esters is 1. The van der Waals surface area contributed by atoms with Gasteiger partial charge in [-0.25, -0.2) is 4.39 Å². The molecule has 1 unspecified atom stereocenters. The molecule has 3 heterocycles. The fraction of sp³-hybridized carbons (Fsp3) is 0.280. The number of carbonyl (C=O) groups excluding carboxylic acids is 2. The zero-order valence-electron chi connectivity index (χ0n) is 18.3. The van der Waals surface area contributed by atoms with Gasteiger partial charge in [0.25, 0.3) is 0 Å². The van der Waals surface area contributed by atoms with Crippen molar-refractivity contribution < 1.29 is 27.9 Å². The number of benzene rings is 2. The van der Waals surface area contributed by atoms with Gasteiger partial charge in [0.2, 0.25) is 0 Å². The minimum absolute atomic E-state index is 0.134. The third-order valence-electron chi connectivity index (χ3n) is 5.90. The number of piperazine rings is 1. The van der Waals surface area contributed by atoms with E-state index in [-0.39, 0.29) is 18.3 Å². The minimum Gasteiger partial charge on any atom is -0.467 e. The molecule has 2 aromatic carbocycles. The molecule has 1 fully saturated rings. The number of aldehydes is 1. The number of anilines is 1. The van der Waals surface area contributed by atoms with E-state index in [0.717, 1.165) is 48.6 Å². The molecule has 8 nitrogen and oxygen atoms in total. The normalized spacial score (nSPS) is 18.4. The van der Waals surface area contributed by atoms with Crippen molar-refractivity contribution in [2.75, 3.05) is 31.5 Å². The lowest BCUT2D eigenvalue weighted by Gasteiger charge is -2.34. The Labute approximate surface area is 195 Å². The van der Waals surface area contributed by atoms with Crippen molar-refractivity contribution in [3.63, 3.8) is 0 Å². The smallest absolute Gasteiger partial charge is 0.327 e. The Morgan fingerprint density at radius 3 is 2.71 bits per heavy atom. The molecule has 2 atom stereocenters. The van der Waals surface area contributed by atoms with E-state index in [2.05, 4.69) is 15.5 Å². The molecule has 5 rings (SSSR count). The van der Waals surface area contributed by atoms with Crippen molar-refractivity contribution in [3.8, 4) is 16.9 Å². The summed E-state index contributed by atoms with van der Waals surface area (Å²) in [6.07, 6.45) is 0.870. The van der Waals surface area contributed by atoms with E-state index in [9.17, 15) is 14.0 Å². The Bertz CT molecular complexity index is 1170. The summed E-state index contributed by atoms with van der Waals surface area (Å²) in [5, 5.41) is 6.31. The largest absolute Gasteiger partial charge is 0.467 e.